The highest BCUT2D eigenvalue weighted by Gasteiger charge is 2.10. The van der Waals surface area contributed by atoms with Crippen LogP contribution in [-0.2, 0) is 6.42 Å². The molecule has 0 saturated carbocycles. The van der Waals surface area contributed by atoms with Gasteiger partial charge < -0.3 is 0 Å². The first-order chi connectivity index (χ1) is 9.34. The van der Waals surface area contributed by atoms with Gasteiger partial charge in [0.2, 0.25) is 0 Å². The second-order valence-corrected chi connectivity index (χ2v) is 5.47. The lowest BCUT2D eigenvalue weighted by Crippen LogP contribution is -2.01. The Balaban J connectivity index is 1.79. The summed E-state index contributed by atoms with van der Waals surface area (Å²) in [5.74, 6) is 0.233. The zero-order valence-corrected chi connectivity index (χ0v) is 11.3. The van der Waals surface area contributed by atoms with E-state index in [-0.39, 0.29) is 5.78 Å². The van der Waals surface area contributed by atoms with Crippen molar-refractivity contribution < 1.29 is 4.79 Å². The van der Waals surface area contributed by atoms with E-state index in [2.05, 4.69) is 24.3 Å². The summed E-state index contributed by atoms with van der Waals surface area (Å²) in [5.41, 5.74) is 2.08. The first-order valence-electron chi connectivity index (χ1n) is 6.38. The molecule has 0 fully saturated rings. The predicted octanol–water partition coefficient (Wildman–Crippen LogP) is 4.72. The van der Waals surface area contributed by atoms with Crippen molar-refractivity contribution in [2.24, 2.45) is 0 Å². The molecule has 2 heteroatoms. The Bertz CT molecular complexity index is 697. The number of fused-ring (bicyclic) bond motifs is 1. The van der Waals surface area contributed by atoms with Gasteiger partial charge >= 0.3 is 0 Å². The van der Waals surface area contributed by atoms with Crippen LogP contribution in [0.3, 0.4) is 0 Å². The van der Waals surface area contributed by atoms with E-state index in [1.165, 1.54) is 5.56 Å². The van der Waals surface area contributed by atoms with Crippen LogP contribution in [0.5, 0.6) is 0 Å². The first kappa shape index (κ1) is 12.1. The van der Waals surface area contributed by atoms with E-state index in [0.717, 1.165) is 22.1 Å². The lowest BCUT2D eigenvalue weighted by atomic mass is 10.0. The number of hydrogen-bond acceptors (Lipinski definition) is 2. The summed E-state index contributed by atoms with van der Waals surface area (Å²) < 4.78 is 1.11. The van der Waals surface area contributed by atoms with Crippen LogP contribution in [-0.4, -0.2) is 5.78 Å². The SMILES string of the molecule is O=C(CCc1ccccc1)c1cccc2ccsc12. The molecule has 19 heavy (non-hydrogen) atoms. The molecule has 0 unspecified atom stereocenters. The minimum Gasteiger partial charge on any atom is -0.294 e. The summed E-state index contributed by atoms with van der Waals surface area (Å²) in [5, 5.41) is 3.20. The zero-order valence-electron chi connectivity index (χ0n) is 10.5. The van der Waals surface area contributed by atoms with Gasteiger partial charge in [-0.25, -0.2) is 0 Å². The first-order valence-corrected chi connectivity index (χ1v) is 7.26. The Hall–Kier alpha value is -1.93. The van der Waals surface area contributed by atoms with Crippen molar-refractivity contribution in [1.29, 1.82) is 0 Å². The van der Waals surface area contributed by atoms with Crippen LogP contribution in [0.2, 0.25) is 0 Å². The molecule has 0 amide bonds. The van der Waals surface area contributed by atoms with Crippen LogP contribution in [0.1, 0.15) is 22.3 Å². The van der Waals surface area contributed by atoms with E-state index in [1.807, 2.05) is 35.7 Å². The zero-order chi connectivity index (χ0) is 13.1. The van der Waals surface area contributed by atoms with Crippen LogP contribution >= 0.6 is 11.3 Å². The quantitative estimate of drug-likeness (QED) is 0.625. The maximum atomic E-state index is 12.3. The molecule has 0 aliphatic carbocycles. The summed E-state index contributed by atoms with van der Waals surface area (Å²) >= 11 is 1.64. The summed E-state index contributed by atoms with van der Waals surface area (Å²) in [6.07, 6.45) is 1.38. The van der Waals surface area contributed by atoms with Crippen LogP contribution in [0.15, 0.2) is 60.0 Å². The van der Waals surface area contributed by atoms with Crippen molar-refractivity contribution in [2.75, 3.05) is 0 Å². The van der Waals surface area contributed by atoms with Crippen LogP contribution in [0, 0.1) is 0 Å². The fourth-order valence-electron chi connectivity index (χ4n) is 2.25. The van der Waals surface area contributed by atoms with Gasteiger partial charge in [-0.05, 0) is 34.9 Å². The van der Waals surface area contributed by atoms with Gasteiger partial charge in [0.1, 0.15) is 0 Å². The molecule has 0 saturated heterocycles. The summed E-state index contributed by atoms with van der Waals surface area (Å²) in [6.45, 7) is 0. The van der Waals surface area contributed by atoms with E-state index in [0.29, 0.717) is 6.42 Å². The van der Waals surface area contributed by atoms with Gasteiger partial charge in [0.25, 0.3) is 0 Å². The second-order valence-electron chi connectivity index (χ2n) is 4.55. The molecular formula is C17H14OS. The maximum Gasteiger partial charge on any atom is 0.164 e. The Morgan fingerprint density at radius 3 is 2.63 bits per heavy atom. The average molecular weight is 266 g/mol. The minimum absolute atomic E-state index is 0.233. The van der Waals surface area contributed by atoms with Crippen molar-refractivity contribution in [1.82, 2.24) is 0 Å². The number of carbonyl (C=O) groups is 1. The molecule has 0 bridgehead atoms. The van der Waals surface area contributed by atoms with Crippen molar-refractivity contribution in [3.05, 3.63) is 71.1 Å². The van der Waals surface area contributed by atoms with Crippen molar-refractivity contribution in [3.63, 3.8) is 0 Å². The van der Waals surface area contributed by atoms with Crippen molar-refractivity contribution >= 4 is 27.2 Å². The van der Waals surface area contributed by atoms with Crippen molar-refractivity contribution in [2.45, 2.75) is 12.8 Å². The molecule has 3 aromatic rings. The number of rotatable bonds is 4. The average Bonchev–Trinajstić information content (AvgIpc) is 2.94. The number of aryl methyl sites for hydroxylation is 1. The maximum absolute atomic E-state index is 12.3. The largest absolute Gasteiger partial charge is 0.294 e. The third kappa shape index (κ3) is 2.59. The lowest BCUT2D eigenvalue weighted by Gasteiger charge is -2.03. The molecule has 94 valence electrons. The van der Waals surface area contributed by atoms with Crippen LogP contribution < -0.4 is 0 Å². The molecule has 0 aliphatic heterocycles. The topological polar surface area (TPSA) is 17.1 Å². The monoisotopic (exact) mass is 266 g/mol. The highest BCUT2D eigenvalue weighted by Crippen LogP contribution is 2.25. The molecule has 0 radical (unpaired) electrons. The normalized spacial score (nSPS) is 10.7. The molecule has 3 rings (SSSR count). The number of carbonyl (C=O) groups excluding carboxylic acids is 1. The number of ketones is 1. The molecule has 0 N–H and O–H groups in total. The van der Waals surface area contributed by atoms with Gasteiger partial charge in [-0.15, -0.1) is 11.3 Å². The number of hydrogen-bond donors (Lipinski definition) is 0. The van der Waals surface area contributed by atoms with E-state index < -0.39 is 0 Å². The number of thiophene rings is 1. The Morgan fingerprint density at radius 2 is 1.79 bits per heavy atom. The number of benzene rings is 2. The fourth-order valence-corrected chi connectivity index (χ4v) is 3.18. The van der Waals surface area contributed by atoms with E-state index in [4.69, 9.17) is 0 Å². The standard InChI is InChI=1S/C17H14OS/c18-16(10-9-13-5-2-1-3-6-13)15-8-4-7-14-11-12-19-17(14)15/h1-8,11-12H,9-10H2. The van der Waals surface area contributed by atoms with Crippen LogP contribution in [0.25, 0.3) is 10.1 Å². The molecule has 0 atom stereocenters. The van der Waals surface area contributed by atoms with Gasteiger partial charge in [-0.3, -0.25) is 4.79 Å². The Morgan fingerprint density at radius 1 is 0.947 bits per heavy atom. The molecule has 1 aromatic heterocycles. The van der Waals surface area contributed by atoms with E-state index in [9.17, 15) is 4.79 Å². The second kappa shape index (κ2) is 5.37. The molecular weight excluding hydrogens is 252 g/mol. The summed E-state index contributed by atoms with van der Waals surface area (Å²) in [4.78, 5) is 12.3. The van der Waals surface area contributed by atoms with Gasteiger partial charge in [-0.1, -0.05) is 42.5 Å². The third-order valence-corrected chi connectivity index (χ3v) is 4.23. The smallest absolute Gasteiger partial charge is 0.164 e. The molecule has 0 aliphatic rings. The Labute approximate surface area is 116 Å². The highest BCUT2D eigenvalue weighted by atomic mass is 32.1. The predicted molar refractivity (Wildman–Crippen MR) is 80.9 cm³/mol. The third-order valence-electron chi connectivity index (χ3n) is 3.26. The van der Waals surface area contributed by atoms with Gasteiger partial charge in [0.15, 0.2) is 5.78 Å². The van der Waals surface area contributed by atoms with Gasteiger partial charge in [-0.2, -0.15) is 0 Å². The molecule has 2 aromatic carbocycles. The number of Topliss-reactive ketones (excluding diaryl/α,β-unsaturated/α-hetero) is 1. The molecule has 1 heterocycles. The fraction of sp³-hybridized carbons (Fsp3) is 0.118. The summed E-state index contributed by atoms with van der Waals surface area (Å²) in [7, 11) is 0. The van der Waals surface area contributed by atoms with Gasteiger partial charge in [0, 0.05) is 16.7 Å². The molecule has 1 nitrogen and oxygen atoms in total. The van der Waals surface area contributed by atoms with Crippen molar-refractivity contribution in [3.8, 4) is 0 Å². The minimum atomic E-state index is 0.233. The lowest BCUT2D eigenvalue weighted by molar-refractivity contribution is 0.0984. The van der Waals surface area contributed by atoms with Crippen LogP contribution in [0.4, 0.5) is 0 Å². The highest BCUT2D eigenvalue weighted by molar-refractivity contribution is 7.17. The Kier molecular flexibility index (Phi) is 3.43. The summed E-state index contributed by atoms with van der Waals surface area (Å²) in [6, 6.07) is 18.2. The van der Waals surface area contributed by atoms with Gasteiger partial charge in [0.05, 0.1) is 0 Å². The molecule has 0 spiro atoms. The van der Waals surface area contributed by atoms with E-state index in [1.54, 1.807) is 11.3 Å². The van der Waals surface area contributed by atoms with E-state index >= 15 is 0 Å².